The zero-order valence-electron chi connectivity index (χ0n) is 13.0. The highest BCUT2D eigenvalue weighted by Gasteiger charge is 2.35. The molecule has 1 atom stereocenters. The largest absolute Gasteiger partial charge is 0.342 e. The normalized spacial score (nSPS) is 22.6. The van der Waals surface area contributed by atoms with Crippen molar-refractivity contribution in [3.63, 3.8) is 0 Å². The predicted octanol–water partition coefficient (Wildman–Crippen LogP) is 3.20. The third kappa shape index (κ3) is 3.84. The fraction of sp³-hybridized carbons (Fsp3) is 0.529. The van der Waals surface area contributed by atoms with Crippen LogP contribution in [0.2, 0.25) is 0 Å². The number of hydrogen-bond acceptors (Lipinski definition) is 2. The number of carbonyl (C=O) groups excluding carboxylic acids is 2. The van der Waals surface area contributed by atoms with Crippen LogP contribution < -0.4 is 10.6 Å². The van der Waals surface area contributed by atoms with Gasteiger partial charge in [-0.3, -0.25) is 9.59 Å². The van der Waals surface area contributed by atoms with E-state index in [0.717, 1.165) is 18.5 Å². The average Bonchev–Trinajstić information content (AvgIpc) is 2.61. The van der Waals surface area contributed by atoms with Crippen LogP contribution in [0.5, 0.6) is 0 Å². The monoisotopic (exact) mass is 288 g/mol. The van der Waals surface area contributed by atoms with Crippen LogP contribution >= 0.6 is 0 Å². The predicted molar refractivity (Wildman–Crippen MR) is 84.2 cm³/mol. The standard InChI is InChI=1S/C17H24N2O2/c1-12(2)13-7-9-14(10-8-13)18-16(21)17(3)11-5-4-6-15(20)19-17/h7-10,12H,4-6,11H2,1-3H3,(H,18,21)(H,19,20). The zero-order valence-corrected chi connectivity index (χ0v) is 13.0. The van der Waals surface area contributed by atoms with Crippen molar-refractivity contribution < 1.29 is 9.59 Å². The molecule has 1 aromatic carbocycles. The summed E-state index contributed by atoms with van der Waals surface area (Å²) in [5.74, 6) is 0.281. The van der Waals surface area contributed by atoms with Crippen molar-refractivity contribution in [1.29, 1.82) is 0 Å². The first-order valence-electron chi connectivity index (χ1n) is 7.63. The number of nitrogens with one attached hydrogen (secondary N) is 2. The van der Waals surface area contributed by atoms with Crippen molar-refractivity contribution in [1.82, 2.24) is 5.32 Å². The molecule has 0 radical (unpaired) electrons. The maximum atomic E-state index is 12.5. The van der Waals surface area contributed by atoms with Gasteiger partial charge in [0.15, 0.2) is 0 Å². The minimum Gasteiger partial charge on any atom is -0.342 e. The minimum atomic E-state index is -0.815. The molecule has 1 saturated heterocycles. The van der Waals surface area contributed by atoms with Crippen molar-refractivity contribution in [2.75, 3.05) is 5.32 Å². The van der Waals surface area contributed by atoms with E-state index in [0.29, 0.717) is 18.8 Å². The lowest BCUT2D eigenvalue weighted by Crippen LogP contribution is -2.53. The van der Waals surface area contributed by atoms with Crippen molar-refractivity contribution in [2.45, 2.75) is 57.9 Å². The van der Waals surface area contributed by atoms with Crippen LogP contribution in [0.1, 0.15) is 57.9 Å². The summed E-state index contributed by atoms with van der Waals surface area (Å²) in [7, 11) is 0. The lowest BCUT2D eigenvalue weighted by molar-refractivity contribution is -0.129. The average molecular weight is 288 g/mol. The van der Waals surface area contributed by atoms with Gasteiger partial charge in [0.05, 0.1) is 0 Å². The summed E-state index contributed by atoms with van der Waals surface area (Å²) in [5, 5.41) is 5.77. The lowest BCUT2D eigenvalue weighted by Gasteiger charge is -2.27. The Morgan fingerprint density at radius 1 is 1.24 bits per heavy atom. The molecule has 1 aliphatic heterocycles. The van der Waals surface area contributed by atoms with Crippen LogP contribution in [0.4, 0.5) is 5.69 Å². The van der Waals surface area contributed by atoms with Crippen molar-refractivity contribution >= 4 is 17.5 Å². The molecular weight excluding hydrogens is 264 g/mol. The van der Waals surface area contributed by atoms with Crippen LogP contribution in [0.25, 0.3) is 0 Å². The quantitative estimate of drug-likeness (QED) is 0.897. The van der Waals surface area contributed by atoms with Gasteiger partial charge in [-0.25, -0.2) is 0 Å². The van der Waals surface area contributed by atoms with Gasteiger partial charge in [-0.05, 0) is 43.4 Å². The maximum absolute atomic E-state index is 12.5. The van der Waals surface area contributed by atoms with E-state index >= 15 is 0 Å². The number of carbonyl (C=O) groups is 2. The fourth-order valence-corrected chi connectivity index (χ4v) is 2.59. The first kappa shape index (κ1) is 15.5. The van der Waals surface area contributed by atoms with Gasteiger partial charge in [-0.1, -0.05) is 32.4 Å². The Bertz CT molecular complexity index is 522. The van der Waals surface area contributed by atoms with Gasteiger partial charge in [0.25, 0.3) is 0 Å². The molecule has 4 heteroatoms. The van der Waals surface area contributed by atoms with Gasteiger partial charge in [-0.15, -0.1) is 0 Å². The molecule has 4 nitrogen and oxygen atoms in total. The molecule has 0 aromatic heterocycles. The van der Waals surface area contributed by atoms with Crippen LogP contribution in [-0.4, -0.2) is 17.4 Å². The third-order valence-corrected chi connectivity index (χ3v) is 4.08. The summed E-state index contributed by atoms with van der Waals surface area (Å²) in [6, 6.07) is 7.87. The van der Waals surface area contributed by atoms with Gasteiger partial charge in [0, 0.05) is 12.1 Å². The zero-order chi connectivity index (χ0) is 15.5. The molecule has 1 aliphatic rings. The highest BCUT2D eigenvalue weighted by atomic mass is 16.2. The number of amides is 2. The maximum Gasteiger partial charge on any atom is 0.249 e. The van der Waals surface area contributed by atoms with E-state index in [4.69, 9.17) is 0 Å². The summed E-state index contributed by atoms with van der Waals surface area (Å²) >= 11 is 0. The Hall–Kier alpha value is -1.84. The van der Waals surface area contributed by atoms with Crippen LogP contribution in [0, 0.1) is 0 Å². The topological polar surface area (TPSA) is 58.2 Å². The molecule has 1 fully saturated rings. The second kappa shape index (κ2) is 6.29. The third-order valence-electron chi connectivity index (χ3n) is 4.08. The number of rotatable bonds is 3. The van der Waals surface area contributed by atoms with E-state index in [1.54, 1.807) is 6.92 Å². The summed E-state index contributed by atoms with van der Waals surface area (Å²) in [6.45, 7) is 6.07. The Morgan fingerprint density at radius 3 is 2.52 bits per heavy atom. The highest BCUT2D eigenvalue weighted by molar-refractivity contribution is 6.00. The van der Waals surface area contributed by atoms with E-state index in [1.165, 1.54) is 5.56 Å². The van der Waals surface area contributed by atoms with Gasteiger partial charge in [0.2, 0.25) is 11.8 Å². The number of anilines is 1. The molecule has 1 unspecified atom stereocenters. The molecule has 0 bridgehead atoms. The molecular formula is C17H24N2O2. The number of hydrogen-bond donors (Lipinski definition) is 2. The highest BCUT2D eigenvalue weighted by Crippen LogP contribution is 2.22. The van der Waals surface area contributed by atoms with E-state index < -0.39 is 5.54 Å². The summed E-state index contributed by atoms with van der Waals surface area (Å²) in [4.78, 5) is 24.2. The van der Waals surface area contributed by atoms with E-state index in [-0.39, 0.29) is 11.8 Å². The molecule has 2 N–H and O–H groups in total. The molecule has 0 aliphatic carbocycles. The first-order chi connectivity index (χ1) is 9.90. The molecule has 2 amide bonds. The lowest BCUT2D eigenvalue weighted by atomic mass is 9.94. The minimum absolute atomic E-state index is 0.0414. The first-order valence-corrected chi connectivity index (χ1v) is 7.63. The second-order valence-electron chi connectivity index (χ2n) is 6.32. The molecule has 1 aromatic rings. The molecule has 0 spiro atoms. The van der Waals surface area contributed by atoms with Gasteiger partial charge in [-0.2, -0.15) is 0 Å². The SMILES string of the molecule is CC(C)c1ccc(NC(=O)C2(C)CCCCC(=O)N2)cc1. The summed E-state index contributed by atoms with van der Waals surface area (Å²) in [5.41, 5.74) is 1.19. The van der Waals surface area contributed by atoms with Crippen LogP contribution in [0.3, 0.4) is 0 Å². The molecule has 2 rings (SSSR count). The van der Waals surface area contributed by atoms with E-state index in [9.17, 15) is 9.59 Å². The van der Waals surface area contributed by atoms with Gasteiger partial charge < -0.3 is 10.6 Å². The van der Waals surface area contributed by atoms with Gasteiger partial charge in [0.1, 0.15) is 5.54 Å². The fourth-order valence-electron chi connectivity index (χ4n) is 2.59. The molecule has 21 heavy (non-hydrogen) atoms. The van der Waals surface area contributed by atoms with Gasteiger partial charge >= 0.3 is 0 Å². The van der Waals surface area contributed by atoms with Crippen LogP contribution in [0.15, 0.2) is 24.3 Å². The Balaban J connectivity index is 2.07. The number of benzene rings is 1. The Labute approximate surface area is 126 Å². The molecule has 1 heterocycles. The van der Waals surface area contributed by atoms with Crippen LogP contribution in [-0.2, 0) is 9.59 Å². The van der Waals surface area contributed by atoms with E-state index in [1.807, 2.05) is 24.3 Å². The Morgan fingerprint density at radius 2 is 1.90 bits per heavy atom. The smallest absolute Gasteiger partial charge is 0.249 e. The van der Waals surface area contributed by atoms with E-state index in [2.05, 4.69) is 24.5 Å². The molecule has 0 saturated carbocycles. The Kier molecular flexibility index (Phi) is 4.66. The molecule has 114 valence electrons. The summed E-state index contributed by atoms with van der Waals surface area (Å²) in [6.07, 6.45) is 2.91. The van der Waals surface area contributed by atoms with Crippen molar-refractivity contribution in [3.05, 3.63) is 29.8 Å². The van der Waals surface area contributed by atoms with Crippen molar-refractivity contribution in [3.8, 4) is 0 Å². The van der Waals surface area contributed by atoms with Crippen molar-refractivity contribution in [2.24, 2.45) is 0 Å². The second-order valence-corrected chi connectivity index (χ2v) is 6.32. The summed E-state index contributed by atoms with van der Waals surface area (Å²) < 4.78 is 0.